The molecule has 0 aliphatic carbocycles. The molecule has 0 bridgehead atoms. The highest BCUT2D eigenvalue weighted by molar-refractivity contribution is 6.29. The highest BCUT2D eigenvalue weighted by Crippen LogP contribution is 2.47. The Morgan fingerprint density at radius 3 is 2.69 bits per heavy atom. The summed E-state index contributed by atoms with van der Waals surface area (Å²) in [5.41, 5.74) is 3.37. The SMILES string of the molecule is CC(C)=CCN1CCC2(CC1)CN(C(=O)c1ccnc(Cl)c1)c1ccc(F)cc12. The first-order valence-electron chi connectivity index (χ1n) is 9.97. The van der Waals surface area contributed by atoms with Gasteiger partial charge in [0.25, 0.3) is 5.91 Å². The van der Waals surface area contributed by atoms with Gasteiger partial charge in [-0.15, -0.1) is 0 Å². The molecule has 1 fully saturated rings. The predicted octanol–water partition coefficient (Wildman–Crippen LogP) is 4.83. The quantitative estimate of drug-likeness (QED) is 0.534. The van der Waals surface area contributed by atoms with Crippen molar-refractivity contribution >= 4 is 23.2 Å². The summed E-state index contributed by atoms with van der Waals surface area (Å²) in [7, 11) is 0. The molecule has 1 saturated heterocycles. The maximum absolute atomic E-state index is 14.1. The van der Waals surface area contributed by atoms with E-state index in [1.54, 1.807) is 29.2 Å². The monoisotopic (exact) mass is 413 g/mol. The Morgan fingerprint density at radius 1 is 1.24 bits per heavy atom. The molecule has 2 aromatic rings. The van der Waals surface area contributed by atoms with Crippen LogP contribution >= 0.6 is 11.6 Å². The number of pyridine rings is 1. The number of likely N-dealkylation sites (tertiary alicyclic amines) is 1. The van der Waals surface area contributed by atoms with Crippen molar-refractivity contribution in [3.8, 4) is 0 Å². The lowest BCUT2D eigenvalue weighted by Gasteiger charge is -2.39. The molecule has 4 rings (SSSR count). The third-order valence-electron chi connectivity index (χ3n) is 6.07. The summed E-state index contributed by atoms with van der Waals surface area (Å²) in [6.07, 6.45) is 5.58. The van der Waals surface area contributed by atoms with Crippen LogP contribution in [-0.4, -0.2) is 42.0 Å². The van der Waals surface area contributed by atoms with Crippen LogP contribution in [-0.2, 0) is 5.41 Å². The van der Waals surface area contributed by atoms with E-state index in [4.69, 9.17) is 11.6 Å². The lowest BCUT2D eigenvalue weighted by molar-refractivity contribution is 0.0977. The van der Waals surface area contributed by atoms with E-state index in [2.05, 4.69) is 29.8 Å². The van der Waals surface area contributed by atoms with Gasteiger partial charge in [-0.2, -0.15) is 0 Å². The minimum Gasteiger partial charge on any atom is -0.307 e. The number of hydrogen-bond acceptors (Lipinski definition) is 3. The summed E-state index contributed by atoms with van der Waals surface area (Å²) in [6, 6.07) is 8.04. The van der Waals surface area contributed by atoms with Crippen LogP contribution < -0.4 is 4.90 Å². The third-order valence-corrected chi connectivity index (χ3v) is 6.28. The Balaban J connectivity index is 1.62. The largest absolute Gasteiger partial charge is 0.307 e. The van der Waals surface area contributed by atoms with E-state index in [-0.39, 0.29) is 22.3 Å². The van der Waals surface area contributed by atoms with Crippen molar-refractivity contribution in [3.05, 3.63) is 70.3 Å². The van der Waals surface area contributed by atoms with Crippen LogP contribution in [0.5, 0.6) is 0 Å². The minimum absolute atomic E-state index is 0.119. The second-order valence-corrected chi connectivity index (χ2v) is 8.67. The van der Waals surface area contributed by atoms with Gasteiger partial charge >= 0.3 is 0 Å². The normalized spacial score (nSPS) is 18.0. The number of piperidine rings is 1. The third kappa shape index (κ3) is 3.94. The number of hydrogen-bond donors (Lipinski definition) is 0. The first kappa shape index (κ1) is 20.0. The van der Waals surface area contributed by atoms with Gasteiger partial charge in [-0.05, 0) is 75.7 Å². The van der Waals surface area contributed by atoms with E-state index in [0.29, 0.717) is 12.1 Å². The van der Waals surface area contributed by atoms with E-state index in [9.17, 15) is 9.18 Å². The van der Waals surface area contributed by atoms with Crippen LogP contribution in [0.25, 0.3) is 0 Å². The second-order valence-electron chi connectivity index (χ2n) is 8.28. The average molecular weight is 414 g/mol. The topological polar surface area (TPSA) is 36.4 Å². The molecular formula is C23H25ClFN3O. The summed E-state index contributed by atoms with van der Waals surface area (Å²) in [5.74, 6) is -0.373. The number of anilines is 1. The fourth-order valence-electron chi connectivity index (χ4n) is 4.42. The van der Waals surface area contributed by atoms with Crippen molar-refractivity contribution in [2.75, 3.05) is 31.1 Å². The number of carbonyl (C=O) groups excluding carboxylic acids is 1. The van der Waals surface area contributed by atoms with Crippen molar-refractivity contribution in [2.24, 2.45) is 0 Å². The molecule has 0 atom stereocenters. The second kappa shape index (κ2) is 7.88. The number of fused-ring (bicyclic) bond motifs is 2. The first-order chi connectivity index (χ1) is 13.9. The van der Waals surface area contributed by atoms with Gasteiger partial charge in [0.15, 0.2) is 0 Å². The Kier molecular flexibility index (Phi) is 5.45. The lowest BCUT2D eigenvalue weighted by atomic mass is 9.74. The number of nitrogens with zero attached hydrogens (tertiary/aromatic N) is 3. The molecular weight excluding hydrogens is 389 g/mol. The van der Waals surface area contributed by atoms with Crippen molar-refractivity contribution < 1.29 is 9.18 Å². The van der Waals surface area contributed by atoms with Gasteiger partial charge in [-0.25, -0.2) is 9.37 Å². The molecule has 1 amide bonds. The molecule has 0 N–H and O–H groups in total. The smallest absolute Gasteiger partial charge is 0.258 e. The highest BCUT2D eigenvalue weighted by Gasteiger charge is 2.46. The summed E-state index contributed by atoms with van der Waals surface area (Å²) in [4.78, 5) is 21.4. The van der Waals surface area contributed by atoms with E-state index < -0.39 is 0 Å². The first-order valence-corrected chi connectivity index (χ1v) is 10.3. The summed E-state index contributed by atoms with van der Waals surface area (Å²) in [5, 5.41) is 0.289. The molecule has 0 saturated carbocycles. The van der Waals surface area contributed by atoms with Crippen molar-refractivity contribution in [1.82, 2.24) is 9.88 Å². The van der Waals surface area contributed by atoms with Crippen LogP contribution in [0.1, 0.15) is 42.6 Å². The Labute approximate surface area is 176 Å². The van der Waals surface area contributed by atoms with Crippen molar-refractivity contribution in [3.63, 3.8) is 0 Å². The Bertz CT molecular complexity index is 962. The Morgan fingerprint density at radius 2 is 2.00 bits per heavy atom. The van der Waals surface area contributed by atoms with E-state index in [0.717, 1.165) is 43.7 Å². The number of aromatic nitrogens is 1. The molecule has 1 aromatic carbocycles. The number of allylic oxidation sites excluding steroid dienone is 1. The van der Waals surface area contributed by atoms with Crippen LogP contribution in [0.3, 0.4) is 0 Å². The number of halogens is 2. The zero-order valence-corrected chi connectivity index (χ0v) is 17.5. The van der Waals surface area contributed by atoms with Crippen molar-refractivity contribution in [1.29, 1.82) is 0 Å². The van der Waals surface area contributed by atoms with Gasteiger partial charge < -0.3 is 4.90 Å². The predicted molar refractivity (Wildman–Crippen MR) is 114 cm³/mol. The van der Waals surface area contributed by atoms with Gasteiger partial charge in [0.1, 0.15) is 11.0 Å². The lowest BCUT2D eigenvalue weighted by Crippen LogP contribution is -2.46. The highest BCUT2D eigenvalue weighted by atomic mass is 35.5. The van der Waals surface area contributed by atoms with E-state index in [1.807, 2.05) is 0 Å². The Hall–Kier alpha value is -2.24. The number of rotatable bonds is 3. The molecule has 1 aromatic heterocycles. The van der Waals surface area contributed by atoms with Gasteiger partial charge in [0.2, 0.25) is 0 Å². The molecule has 1 spiro atoms. The molecule has 6 heteroatoms. The number of carbonyl (C=O) groups is 1. The summed E-state index contributed by atoms with van der Waals surface area (Å²) >= 11 is 5.99. The average Bonchev–Trinajstić information content (AvgIpc) is 3.00. The van der Waals surface area contributed by atoms with Gasteiger partial charge in [-0.1, -0.05) is 23.3 Å². The van der Waals surface area contributed by atoms with Gasteiger partial charge in [0.05, 0.1) is 0 Å². The molecule has 3 heterocycles. The molecule has 2 aliphatic heterocycles. The fourth-order valence-corrected chi connectivity index (χ4v) is 4.59. The molecule has 0 unspecified atom stereocenters. The molecule has 29 heavy (non-hydrogen) atoms. The standard InChI is InChI=1S/C23H25ClFN3O/c1-16(2)6-10-27-11-7-23(8-12-27)15-28(20-4-3-18(25)14-19(20)23)22(29)17-5-9-26-21(24)13-17/h3-6,9,13-14H,7-8,10-12,15H2,1-2H3. The van der Waals surface area contributed by atoms with E-state index in [1.165, 1.54) is 17.8 Å². The number of amides is 1. The fraction of sp³-hybridized carbons (Fsp3) is 0.391. The van der Waals surface area contributed by atoms with Gasteiger partial charge in [0, 0.05) is 36.0 Å². The van der Waals surface area contributed by atoms with E-state index >= 15 is 0 Å². The molecule has 4 nitrogen and oxygen atoms in total. The number of benzene rings is 1. The molecule has 2 aliphatic rings. The van der Waals surface area contributed by atoms with Crippen LogP contribution in [0, 0.1) is 5.82 Å². The van der Waals surface area contributed by atoms with Crippen LogP contribution in [0.4, 0.5) is 10.1 Å². The zero-order chi connectivity index (χ0) is 20.6. The molecule has 0 radical (unpaired) electrons. The molecule has 152 valence electrons. The van der Waals surface area contributed by atoms with Gasteiger partial charge in [-0.3, -0.25) is 9.69 Å². The summed E-state index contributed by atoms with van der Waals surface area (Å²) < 4.78 is 14.1. The van der Waals surface area contributed by atoms with Crippen molar-refractivity contribution in [2.45, 2.75) is 32.1 Å². The summed E-state index contributed by atoms with van der Waals surface area (Å²) in [6.45, 7) is 7.59. The zero-order valence-electron chi connectivity index (χ0n) is 16.8. The maximum atomic E-state index is 14.1. The van der Waals surface area contributed by atoms with Crippen LogP contribution in [0.15, 0.2) is 48.2 Å². The maximum Gasteiger partial charge on any atom is 0.258 e. The van der Waals surface area contributed by atoms with Crippen LogP contribution in [0.2, 0.25) is 5.15 Å². The minimum atomic E-state index is -0.253.